The number of hydrogen-bond acceptors (Lipinski definition) is 6. The van der Waals surface area contributed by atoms with Crippen molar-refractivity contribution in [3.63, 3.8) is 0 Å². The molecule has 0 N–H and O–H groups in total. The molecule has 1 saturated heterocycles. The van der Waals surface area contributed by atoms with Crippen molar-refractivity contribution in [1.82, 2.24) is 0 Å². The van der Waals surface area contributed by atoms with Crippen molar-refractivity contribution >= 4 is 23.2 Å². The first-order chi connectivity index (χ1) is 21.3. The second kappa shape index (κ2) is 11.7. The molecule has 0 radical (unpaired) electrons. The minimum Gasteiger partial charge on any atom is -0.458 e. The first kappa shape index (κ1) is 31.5. The van der Waals surface area contributed by atoms with Gasteiger partial charge in [-0.3, -0.25) is 14.4 Å². The number of ketones is 2. The van der Waals surface area contributed by atoms with Crippen molar-refractivity contribution < 1.29 is 41.4 Å². The van der Waals surface area contributed by atoms with Gasteiger partial charge in [0, 0.05) is 44.0 Å². The highest BCUT2D eigenvalue weighted by Crippen LogP contribution is 2.70. The molecule has 6 rings (SSSR count). The van der Waals surface area contributed by atoms with E-state index in [9.17, 15) is 27.6 Å². The summed E-state index contributed by atoms with van der Waals surface area (Å²) in [5.74, 6) is 1.30. The molecule has 6 atom stereocenters. The third kappa shape index (κ3) is 5.62. The van der Waals surface area contributed by atoms with Crippen molar-refractivity contribution in [1.29, 1.82) is 0 Å². The number of esters is 1. The van der Waals surface area contributed by atoms with Crippen LogP contribution in [0.3, 0.4) is 0 Å². The second-order valence-corrected chi connectivity index (χ2v) is 13.2. The number of halogens is 4. The van der Waals surface area contributed by atoms with Gasteiger partial charge in [0.25, 0.3) is 0 Å². The van der Waals surface area contributed by atoms with Crippen molar-refractivity contribution in [3.8, 4) is 11.8 Å². The molecule has 0 amide bonds. The van der Waals surface area contributed by atoms with Gasteiger partial charge in [0.15, 0.2) is 18.2 Å². The van der Waals surface area contributed by atoms with E-state index in [1.165, 1.54) is 12.0 Å². The first-order valence-electron chi connectivity index (χ1n) is 15.6. The number of rotatable bonds is 5. The first-order valence-corrected chi connectivity index (χ1v) is 15.6. The molecule has 3 fully saturated rings. The van der Waals surface area contributed by atoms with Crippen molar-refractivity contribution in [3.05, 3.63) is 52.6 Å². The number of nitrogens with zero attached hydrogens (tertiary/aromatic N) is 1. The molecule has 5 aliphatic rings. The molecule has 6 nitrogen and oxygen atoms in total. The second-order valence-electron chi connectivity index (χ2n) is 13.2. The largest absolute Gasteiger partial charge is 0.458 e. The minimum absolute atomic E-state index is 0.0529. The van der Waals surface area contributed by atoms with Gasteiger partial charge in [-0.25, -0.2) is 4.39 Å². The summed E-state index contributed by atoms with van der Waals surface area (Å²) in [4.78, 5) is 40.1. The molecule has 0 aromatic heterocycles. The van der Waals surface area contributed by atoms with Crippen molar-refractivity contribution in [2.45, 2.75) is 70.6 Å². The fourth-order valence-corrected chi connectivity index (χ4v) is 8.90. The maximum absolute atomic E-state index is 15.9. The molecule has 2 saturated carbocycles. The third-order valence-electron chi connectivity index (χ3n) is 10.9. The highest BCUT2D eigenvalue weighted by Gasteiger charge is 2.66. The van der Waals surface area contributed by atoms with Crippen molar-refractivity contribution in [2.24, 2.45) is 22.7 Å². The Morgan fingerprint density at radius 2 is 1.84 bits per heavy atom. The predicted molar refractivity (Wildman–Crippen MR) is 158 cm³/mol. The van der Waals surface area contributed by atoms with Gasteiger partial charge in [-0.1, -0.05) is 30.6 Å². The molecule has 1 aromatic carbocycles. The summed E-state index contributed by atoms with van der Waals surface area (Å²) >= 11 is 0. The van der Waals surface area contributed by atoms with E-state index in [1.54, 1.807) is 0 Å². The smallest absolute Gasteiger partial charge is 0.457 e. The van der Waals surface area contributed by atoms with E-state index in [2.05, 4.69) is 10.8 Å². The topological polar surface area (TPSA) is 72.9 Å². The van der Waals surface area contributed by atoms with E-state index in [0.717, 1.165) is 42.4 Å². The van der Waals surface area contributed by atoms with E-state index < -0.39 is 41.5 Å². The fraction of sp³-hybridized carbons (Fsp3) is 0.571. The number of carbonyl (C=O) groups is 3. The summed E-state index contributed by atoms with van der Waals surface area (Å²) in [7, 11) is 0. The zero-order valence-corrected chi connectivity index (χ0v) is 25.5. The van der Waals surface area contributed by atoms with E-state index >= 15 is 4.39 Å². The Labute approximate surface area is 260 Å². The van der Waals surface area contributed by atoms with E-state index in [1.807, 2.05) is 31.2 Å². The quantitative estimate of drug-likeness (QED) is 0.225. The van der Waals surface area contributed by atoms with E-state index in [-0.39, 0.29) is 42.8 Å². The molecule has 1 heterocycles. The fourth-order valence-electron chi connectivity index (χ4n) is 8.90. The highest BCUT2D eigenvalue weighted by atomic mass is 19.4. The number of benzene rings is 1. The van der Waals surface area contributed by atoms with Crippen LogP contribution in [0.25, 0.3) is 0 Å². The molecule has 240 valence electrons. The van der Waals surface area contributed by atoms with Gasteiger partial charge in [-0.05, 0) is 84.3 Å². The number of allylic oxidation sites excluding steroid dienone is 4. The van der Waals surface area contributed by atoms with Crippen LogP contribution in [0.15, 0.2) is 47.1 Å². The lowest BCUT2D eigenvalue weighted by Crippen LogP contribution is -2.52. The Balaban J connectivity index is 1.49. The van der Waals surface area contributed by atoms with Gasteiger partial charge >= 0.3 is 12.1 Å². The molecule has 45 heavy (non-hydrogen) atoms. The van der Waals surface area contributed by atoms with Crippen LogP contribution in [0.5, 0.6) is 0 Å². The molecule has 0 bridgehead atoms. The maximum atomic E-state index is 15.9. The van der Waals surface area contributed by atoms with Crippen molar-refractivity contribution in [2.75, 3.05) is 37.8 Å². The van der Waals surface area contributed by atoms with Gasteiger partial charge < -0.3 is 14.4 Å². The zero-order chi connectivity index (χ0) is 32.1. The van der Waals surface area contributed by atoms with Crippen LogP contribution in [0.2, 0.25) is 0 Å². The van der Waals surface area contributed by atoms with Crippen LogP contribution in [-0.2, 0) is 23.9 Å². The summed E-state index contributed by atoms with van der Waals surface area (Å²) < 4.78 is 67.2. The van der Waals surface area contributed by atoms with Crippen LogP contribution in [0.1, 0.15) is 63.9 Å². The lowest BCUT2D eigenvalue weighted by molar-refractivity contribution is -0.150. The summed E-state index contributed by atoms with van der Waals surface area (Å²) in [5, 5.41) is 0. The Hall–Kier alpha value is -3.45. The monoisotopic (exact) mass is 627 g/mol. The SMILES string of the molecule is CC(=O)OCC(=O)[C@@]1(C#CC(F)(F)F)CC[C@H]2[C@@H]3CC(F)C4=CC(=O)CCC4=C3C(c3ccc(N4CCOCC4)cc3)C[C@@]21C. The molecule has 1 aromatic rings. The number of carbonyl (C=O) groups excluding carboxylic acids is 3. The number of alkyl halides is 4. The van der Waals surface area contributed by atoms with Gasteiger partial charge in [0.2, 0.25) is 0 Å². The number of fused-ring (bicyclic) bond motifs is 4. The van der Waals surface area contributed by atoms with Crippen LogP contribution in [-0.4, -0.2) is 62.8 Å². The lowest BCUT2D eigenvalue weighted by Gasteiger charge is -2.55. The number of ether oxygens (including phenoxy) is 2. The van der Waals surface area contributed by atoms with Crippen LogP contribution < -0.4 is 4.90 Å². The summed E-state index contributed by atoms with van der Waals surface area (Å²) in [6.07, 6.45) is -3.29. The minimum atomic E-state index is -4.83. The summed E-state index contributed by atoms with van der Waals surface area (Å²) in [5.41, 5.74) is 1.43. The third-order valence-corrected chi connectivity index (χ3v) is 10.9. The number of hydrogen-bond donors (Lipinski definition) is 0. The lowest BCUT2D eigenvalue weighted by atomic mass is 9.48. The normalized spacial score (nSPS) is 32.9. The standard InChI is InChI=1S/C35H37F4NO5/c1-21(41)45-20-31(43)34(11-12-35(37,38)39)10-9-29-27-18-30(36)26-17-24(42)7-8-25(26)32(27)28(19-33(29,34)2)22-3-5-23(6-4-22)40-13-15-44-16-14-40/h3-6,17,27-30H,7-10,13-16,18-20H2,1-2H3/t27-,28?,29-,30?,33-,34-/m0/s1. The summed E-state index contributed by atoms with van der Waals surface area (Å²) in [6, 6.07) is 8.08. The summed E-state index contributed by atoms with van der Waals surface area (Å²) in [6.45, 7) is 5.05. The Morgan fingerprint density at radius 1 is 1.13 bits per heavy atom. The number of anilines is 1. The average Bonchev–Trinajstić information content (AvgIpc) is 3.31. The molecule has 4 aliphatic carbocycles. The van der Waals surface area contributed by atoms with Gasteiger partial charge in [-0.2, -0.15) is 13.2 Å². The van der Waals surface area contributed by atoms with E-state index in [4.69, 9.17) is 9.47 Å². The zero-order valence-electron chi connectivity index (χ0n) is 25.5. The van der Waals surface area contributed by atoms with E-state index in [0.29, 0.717) is 38.0 Å². The molecular weight excluding hydrogens is 590 g/mol. The van der Waals surface area contributed by atoms with Crippen LogP contribution >= 0.6 is 0 Å². The molecule has 1 aliphatic heterocycles. The highest BCUT2D eigenvalue weighted by molar-refractivity contribution is 5.94. The van der Waals surface area contributed by atoms with Gasteiger partial charge in [-0.15, -0.1) is 0 Å². The van der Waals surface area contributed by atoms with Gasteiger partial charge in [0.05, 0.1) is 18.6 Å². The number of morpholine rings is 1. The Kier molecular flexibility index (Phi) is 8.22. The number of Topliss-reactive ketones (excluding diaryl/α,β-unsaturated/α-hetero) is 1. The Bertz CT molecular complexity index is 1510. The predicted octanol–water partition coefficient (Wildman–Crippen LogP) is 6.06. The Morgan fingerprint density at radius 3 is 2.51 bits per heavy atom. The molecule has 10 heteroatoms. The average molecular weight is 628 g/mol. The van der Waals surface area contributed by atoms with Crippen LogP contribution in [0, 0.1) is 34.5 Å². The molecule has 2 unspecified atom stereocenters. The van der Waals surface area contributed by atoms with Crippen LogP contribution in [0.4, 0.5) is 23.2 Å². The molecule has 0 spiro atoms. The van der Waals surface area contributed by atoms with Gasteiger partial charge in [0.1, 0.15) is 6.17 Å². The molecular formula is C35H37F4NO5. The maximum Gasteiger partial charge on any atom is 0.457 e.